The van der Waals surface area contributed by atoms with Crippen LogP contribution in [0.15, 0.2) is 36.4 Å². The van der Waals surface area contributed by atoms with E-state index in [1.807, 2.05) is 60.5 Å². The van der Waals surface area contributed by atoms with Crippen LogP contribution in [0.4, 0.5) is 11.4 Å². The van der Waals surface area contributed by atoms with Crippen LogP contribution in [0.2, 0.25) is 5.02 Å². The number of hydrogen-bond donors (Lipinski definition) is 3. The zero-order chi connectivity index (χ0) is 33.6. The molecule has 4 heterocycles. The van der Waals surface area contributed by atoms with Crippen LogP contribution in [0.3, 0.4) is 0 Å². The highest BCUT2D eigenvalue weighted by Gasteiger charge is 2.28. The molecule has 0 aliphatic carbocycles. The number of anilines is 2. The Kier molecular flexibility index (Phi) is 9.26. The molecule has 3 N–H and O–H groups in total. The Hall–Kier alpha value is -4.03. The fourth-order valence-corrected chi connectivity index (χ4v) is 7.04. The smallest absolute Gasteiger partial charge is 0.291 e. The predicted molar refractivity (Wildman–Crippen MR) is 184 cm³/mol. The minimum absolute atomic E-state index is 0.300. The molecule has 0 fully saturated rings. The van der Waals surface area contributed by atoms with E-state index in [9.17, 15) is 14.7 Å². The quantitative estimate of drug-likeness (QED) is 0.249. The van der Waals surface area contributed by atoms with Crippen LogP contribution in [-0.4, -0.2) is 77.6 Å². The summed E-state index contributed by atoms with van der Waals surface area (Å²) in [5.41, 5.74) is 7.45. The molecule has 1 atom stereocenters. The van der Waals surface area contributed by atoms with Crippen LogP contribution >= 0.6 is 11.6 Å². The molecule has 2 aliphatic heterocycles. The number of carbonyl (C=O) groups excluding carboxylic acids is 2. The van der Waals surface area contributed by atoms with E-state index in [0.717, 1.165) is 71.9 Å². The van der Waals surface area contributed by atoms with Crippen LogP contribution in [-0.2, 0) is 40.0 Å². The van der Waals surface area contributed by atoms with Gasteiger partial charge in [0.1, 0.15) is 0 Å². The lowest BCUT2D eigenvalue weighted by atomic mass is 9.98. The van der Waals surface area contributed by atoms with Crippen molar-refractivity contribution >= 4 is 34.8 Å². The van der Waals surface area contributed by atoms with Gasteiger partial charge in [-0.1, -0.05) is 35.9 Å². The Morgan fingerprint density at radius 2 is 1.40 bits per heavy atom. The first-order valence-electron chi connectivity index (χ1n) is 16.2. The van der Waals surface area contributed by atoms with Gasteiger partial charge in [-0.2, -0.15) is 0 Å². The number of amides is 2. The van der Waals surface area contributed by atoms with Gasteiger partial charge in [-0.3, -0.25) is 19.4 Å². The molecule has 0 saturated heterocycles. The van der Waals surface area contributed by atoms with E-state index >= 15 is 0 Å². The molecular weight excluding hydrogens is 616 g/mol. The zero-order valence-electron chi connectivity index (χ0n) is 27.9. The number of nitrogens with one attached hydrogen (secondary N) is 2. The van der Waals surface area contributed by atoms with Gasteiger partial charge in [-0.15, -0.1) is 0 Å². The lowest BCUT2D eigenvalue weighted by molar-refractivity contribution is 0.100. The second-order valence-electron chi connectivity index (χ2n) is 13.0. The molecule has 0 spiro atoms. The van der Waals surface area contributed by atoms with Crippen molar-refractivity contribution in [3.05, 3.63) is 81.4 Å². The normalized spacial score (nSPS) is 15.8. The van der Waals surface area contributed by atoms with Crippen LogP contribution in [0.25, 0.3) is 11.1 Å². The van der Waals surface area contributed by atoms with Crippen molar-refractivity contribution in [3.8, 4) is 11.1 Å². The molecule has 12 heteroatoms. The number of aliphatic hydroxyl groups is 1. The summed E-state index contributed by atoms with van der Waals surface area (Å²) in [5, 5.41) is 16.3. The van der Waals surface area contributed by atoms with Crippen molar-refractivity contribution in [2.75, 3.05) is 30.3 Å². The maximum atomic E-state index is 13.5. The first kappa shape index (κ1) is 32.9. The number of hydrogen-bond acceptors (Lipinski definition) is 7. The van der Waals surface area contributed by atoms with E-state index in [2.05, 4.69) is 39.3 Å². The Balaban J connectivity index is 1.21. The van der Waals surface area contributed by atoms with E-state index in [4.69, 9.17) is 16.6 Å². The van der Waals surface area contributed by atoms with Gasteiger partial charge >= 0.3 is 0 Å². The molecule has 0 radical (unpaired) electrons. The molecule has 0 bridgehead atoms. The largest absolute Gasteiger partial charge is 0.392 e. The second kappa shape index (κ2) is 13.2. The second-order valence-corrected chi connectivity index (χ2v) is 13.4. The monoisotopic (exact) mass is 658 g/mol. The molecule has 11 nitrogen and oxygen atoms in total. The average Bonchev–Trinajstić information content (AvgIpc) is 3.54. The molecule has 2 amide bonds. The van der Waals surface area contributed by atoms with Gasteiger partial charge < -0.3 is 24.9 Å². The van der Waals surface area contributed by atoms with Gasteiger partial charge in [0, 0.05) is 88.3 Å². The van der Waals surface area contributed by atoms with Crippen molar-refractivity contribution in [3.63, 3.8) is 0 Å². The molecule has 6 rings (SSSR count). The van der Waals surface area contributed by atoms with Crippen molar-refractivity contribution in [2.24, 2.45) is 14.1 Å². The number of β-amino-alcohol motifs (C(OH)–C–C–N with tert-alkyl or cyclic N) is 1. The molecular formula is C35H43ClN8O3. The Bertz CT molecular complexity index is 1840. The molecule has 2 aromatic heterocycles. The van der Waals surface area contributed by atoms with E-state index in [-0.39, 0.29) is 11.8 Å². The standard InChI is InChI=1S/C35H43ClN8O3/c1-20(2)44-16-14-30-28(19-44)38-33(42(30)6)35(47)40-26-12-8-10-24(31(26)36)23-9-7-11-25(22(23)4)39-34(46)32-37-27-18-43(17-21(3)45)15-13-29(27)41(32)5/h7-12,20-21,45H,13-19H2,1-6H3,(H,39,46)(H,40,47). The Labute approximate surface area is 280 Å². The topological polar surface area (TPSA) is 121 Å². The maximum Gasteiger partial charge on any atom is 0.291 e. The van der Waals surface area contributed by atoms with Gasteiger partial charge in [-0.25, -0.2) is 9.97 Å². The first-order valence-corrected chi connectivity index (χ1v) is 16.5. The third-order valence-electron chi connectivity index (χ3n) is 9.40. The van der Waals surface area contributed by atoms with Crippen LogP contribution in [0, 0.1) is 6.92 Å². The van der Waals surface area contributed by atoms with E-state index in [1.165, 1.54) is 0 Å². The highest BCUT2D eigenvalue weighted by atomic mass is 35.5. The van der Waals surface area contributed by atoms with Gasteiger partial charge in [0.2, 0.25) is 0 Å². The average molecular weight is 659 g/mol. The summed E-state index contributed by atoms with van der Waals surface area (Å²) in [7, 11) is 3.76. The lowest BCUT2D eigenvalue weighted by Gasteiger charge is -2.29. The summed E-state index contributed by atoms with van der Waals surface area (Å²) in [4.78, 5) is 40.9. The summed E-state index contributed by atoms with van der Waals surface area (Å²) in [6, 6.07) is 11.6. The molecule has 248 valence electrons. The minimum atomic E-state index is -0.425. The van der Waals surface area contributed by atoms with Crippen molar-refractivity contribution in [1.82, 2.24) is 28.9 Å². The number of nitrogens with zero attached hydrogens (tertiary/aromatic N) is 6. The Morgan fingerprint density at radius 3 is 2.02 bits per heavy atom. The number of aliphatic hydroxyl groups excluding tert-OH is 1. The third-order valence-corrected chi connectivity index (χ3v) is 9.81. The van der Waals surface area contributed by atoms with Crippen LogP contribution in [0.5, 0.6) is 0 Å². The predicted octanol–water partition coefficient (Wildman–Crippen LogP) is 4.79. The summed E-state index contributed by atoms with van der Waals surface area (Å²) >= 11 is 6.95. The highest BCUT2D eigenvalue weighted by molar-refractivity contribution is 6.36. The number of carbonyl (C=O) groups is 2. The first-order chi connectivity index (χ1) is 22.4. The van der Waals surface area contributed by atoms with E-state index in [1.54, 1.807) is 13.0 Å². The molecule has 2 aromatic carbocycles. The summed E-state index contributed by atoms with van der Waals surface area (Å²) in [5.74, 6) is 0.0797. The number of halogens is 1. The SMILES string of the molecule is Cc1c(NC(=O)c2nc3c(n2C)CCN(CC(C)O)C3)cccc1-c1cccc(NC(=O)c2nc3c(n2C)CCN(C(C)C)C3)c1Cl. The summed E-state index contributed by atoms with van der Waals surface area (Å²) in [6.07, 6.45) is 1.18. The minimum Gasteiger partial charge on any atom is -0.392 e. The van der Waals surface area contributed by atoms with Gasteiger partial charge in [0.25, 0.3) is 11.8 Å². The molecule has 2 aliphatic rings. The van der Waals surface area contributed by atoms with Crippen molar-refractivity contribution in [1.29, 1.82) is 0 Å². The number of aromatic nitrogens is 4. The fraction of sp³-hybridized carbons (Fsp3) is 0.429. The number of rotatable bonds is 8. The maximum absolute atomic E-state index is 13.5. The summed E-state index contributed by atoms with van der Waals surface area (Å²) in [6.45, 7) is 11.7. The van der Waals surface area contributed by atoms with Crippen LogP contribution < -0.4 is 10.6 Å². The fourth-order valence-electron chi connectivity index (χ4n) is 6.76. The van der Waals surface area contributed by atoms with Crippen molar-refractivity contribution < 1.29 is 14.7 Å². The number of benzene rings is 2. The van der Waals surface area contributed by atoms with Crippen molar-refractivity contribution in [2.45, 2.75) is 65.8 Å². The van der Waals surface area contributed by atoms with E-state index in [0.29, 0.717) is 47.2 Å². The molecule has 4 aromatic rings. The van der Waals surface area contributed by atoms with Crippen LogP contribution in [0.1, 0.15) is 70.3 Å². The lowest BCUT2D eigenvalue weighted by Crippen LogP contribution is -2.36. The molecule has 1 unspecified atom stereocenters. The third kappa shape index (κ3) is 6.45. The van der Waals surface area contributed by atoms with Gasteiger partial charge in [0.15, 0.2) is 11.6 Å². The number of fused-ring (bicyclic) bond motifs is 2. The highest BCUT2D eigenvalue weighted by Crippen LogP contribution is 2.38. The van der Waals surface area contributed by atoms with E-state index < -0.39 is 6.10 Å². The molecule has 0 saturated carbocycles. The van der Waals surface area contributed by atoms with Gasteiger partial charge in [0.05, 0.1) is 28.2 Å². The molecule has 47 heavy (non-hydrogen) atoms. The number of imidazole rings is 2. The van der Waals surface area contributed by atoms with Gasteiger partial charge in [-0.05, 0) is 51.0 Å². The zero-order valence-corrected chi connectivity index (χ0v) is 28.6. The Morgan fingerprint density at radius 1 is 0.851 bits per heavy atom. The summed E-state index contributed by atoms with van der Waals surface area (Å²) < 4.78 is 3.75.